The lowest BCUT2D eigenvalue weighted by Crippen LogP contribution is -3.10. The van der Waals surface area contributed by atoms with Gasteiger partial charge in [-0.1, -0.05) is 11.6 Å². The number of H-pyrrole nitrogens is 1. The topological polar surface area (TPSA) is 48.1 Å². The summed E-state index contributed by atoms with van der Waals surface area (Å²) < 4.78 is 5.31. The van der Waals surface area contributed by atoms with Crippen LogP contribution in [0.4, 0.5) is 5.69 Å². The Hall–Kier alpha value is -1.85. The quantitative estimate of drug-likeness (QED) is 0.828. The second-order valence-electron chi connectivity index (χ2n) is 7.17. The minimum absolute atomic E-state index is 0.293. The van der Waals surface area contributed by atoms with Crippen molar-refractivity contribution in [1.29, 1.82) is 0 Å². The van der Waals surface area contributed by atoms with E-state index in [1.54, 1.807) is 11.1 Å². The Bertz CT molecular complexity index is 816. The molecule has 5 nitrogen and oxygen atoms in total. The van der Waals surface area contributed by atoms with E-state index in [1.807, 2.05) is 26.0 Å². The van der Waals surface area contributed by atoms with Crippen LogP contribution in [0.3, 0.4) is 0 Å². The number of ether oxygens (including phenoxy) is 1. The maximum Gasteiger partial charge on any atom is 0.346 e. The molecule has 6 heteroatoms. The predicted octanol–water partition coefficient (Wildman–Crippen LogP) is 1.91. The number of esters is 1. The third kappa shape index (κ3) is 3.51. The summed E-state index contributed by atoms with van der Waals surface area (Å²) in [5.41, 5.74) is 3.46. The molecule has 0 saturated carbocycles. The average molecular weight is 378 g/mol. The van der Waals surface area contributed by atoms with Crippen molar-refractivity contribution in [1.82, 2.24) is 0 Å². The number of hydrogen-bond acceptors (Lipinski definition) is 3. The number of fused-ring (bicyclic) bond motifs is 1. The molecule has 26 heavy (non-hydrogen) atoms. The summed E-state index contributed by atoms with van der Waals surface area (Å²) in [6.07, 6.45) is 3.98. The monoisotopic (exact) mass is 377 g/mol. The van der Waals surface area contributed by atoms with E-state index in [9.17, 15) is 4.79 Å². The molecule has 1 aliphatic rings. The van der Waals surface area contributed by atoms with Crippen molar-refractivity contribution in [2.45, 2.75) is 32.7 Å². The van der Waals surface area contributed by atoms with Gasteiger partial charge in [-0.15, -0.1) is 0 Å². The van der Waals surface area contributed by atoms with Crippen LogP contribution >= 0.6 is 11.6 Å². The van der Waals surface area contributed by atoms with E-state index >= 15 is 0 Å². The third-order valence-corrected chi connectivity index (χ3v) is 5.88. The van der Waals surface area contributed by atoms with Crippen molar-refractivity contribution in [3.8, 4) is 0 Å². The summed E-state index contributed by atoms with van der Waals surface area (Å²) in [5, 5.41) is 1.72. The predicted molar refractivity (Wildman–Crippen MR) is 104 cm³/mol. The van der Waals surface area contributed by atoms with Gasteiger partial charge in [0.1, 0.15) is 5.56 Å². The average Bonchev–Trinajstić information content (AvgIpc) is 2.64. The number of hydrogen-bond donors (Lipinski definition) is 1. The first kappa shape index (κ1) is 18.9. The van der Waals surface area contributed by atoms with E-state index < -0.39 is 0 Å². The second-order valence-corrected chi connectivity index (χ2v) is 7.57. The highest BCUT2D eigenvalue weighted by molar-refractivity contribution is 6.32. The van der Waals surface area contributed by atoms with Crippen molar-refractivity contribution >= 4 is 34.2 Å². The van der Waals surface area contributed by atoms with Crippen LogP contribution in [0.25, 0.3) is 10.9 Å². The van der Waals surface area contributed by atoms with E-state index in [0.717, 1.165) is 48.1 Å². The zero-order valence-corrected chi connectivity index (χ0v) is 16.7. The summed E-state index contributed by atoms with van der Waals surface area (Å²) in [6, 6.07) is 4.31. The highest BCUT2D eigenvalue weighted by Crippen LogP contribution is 2.34. The van der Waals surface area contributed by atoms with Gasteiger partial charge in [0.15, 0.2) is 6.20 Å². The maximum absolute atomic E-state index is 12.6. The first-order valence-electron chi connectivity index (χ1n) is 9.28. The number of quaternary nitrogens is 1. The maximum atomic E-state index is 12.6. The van der Waals surface area contributed by atoms with E-state index in [0.29, 0.717) is 23.2 Å². The number of aryl methyl sites for hydroxylation is 1. The van der Waals surface area contributed by atoms with Gasteiger partial charge in [-0.05, 0) is 26.0 Å². The molecule has 2 N–H and O–H groups in total. The van der Waals surface area contributed by atoms with Gasteiger partial charge < -0.3 is 14.5 Å². The normalized spacial score (nSPS) is 20.2. The molecule has 2 heterocycles. The number of carbonyl (C=O) groups excluding carboxylic acids is 1. The first-order valence-corrected chi connectivity index (χ1v) is 9.66. The Kier molecular flexibility index (Phi) is 5.68. The van der Waals surface area contributed by atoms with Crippen LogP contribution in [0.15, 0.2) is 18.3 Å². The molecule has 0 amide bonds. The van der Waals surface area contributed by atoms with Crippen LogP contribution in [-0.4, -0.2) is 45.8 Å². The van der Waals surface area contributed by atoms with Crippen LogP contribution in [0.5, 0.6) is 0 Å². The van der Waals surface area contributed by atoms with Crippen LogP contribution < -0.4 is 14.8 Å². The summed E-state index contributed by atoms with van der Waals surface area (Å²) in [4.78, 5) is 19.7. The molecule has 0 radical (unpaired) electrons. The lowest BCUT2D eigenvalue weighted by molar-refractivity contribution is -0.884. The second kappa shape index (κ2) is 7.80. The summed E-state index contributed by atoms with van der Waals surface area (Å²) in [7, 11) is 4.32. The fourth-order valence-corrected chi connectivity index (χ4v) is 3.99. The van der Waals surface area contributed by atoms with Gasteiger partial charge in [0.05, 0.1) is 42.8 Å². The number of aromatic nitrogens is 1. The largest absolute Gasteiger partial charge is 0.462 e. The molecule has 0 bridgehead atoms. The minimum Gasteiger partial charge on any atom is -0.462 e. The van der Waals surface area contributed by atoms with Crippen molar-refractivity contribution in [3.05, 3.63) is 34.5 Å². The smallest absolute Gasteiger partial charge is 0.346 e. The molecule has 0 aliphatic carbocycles. The fourth-order valence-electron chi connectivity index (χ4n) is 3.84. The number of rotatable bonds is 4. The Morgan fingerprint density at radius 1 is 1.38 bits per heavy atom. The van der Waals surface area contributed by atoms with Crippen LogP contribution in [0, 0.1) is 6.92 Å². The van der Waals surface area contributed by atoms with Gasteiger partial charge in [0, 0.05) is 31.5 Å². The number of aromatic amines is 1. The zero-order valence-electron chi connectivity index (χ0n) is 16.0. The number of nitrogens with one attached hydrogen (secondary N) is 2. The zero-order chi connectivity index (χ0) is 18.8. The highest BCUT2D eigenvalue weighted by Gasteiger charge is 2.30. The number of carbonyl (C=O) groups is 1. The molecule has 1 saturated heterocycles. The number of anilines is 1. The van der Waals surface area contributed by atoms with Crippen molar-refractivity contribution < 1.29 is 19.4 Å². The lowest BCUT2D eigenvalue weighted by Gasteiger charge is -2.35. The van der Waals surface area contributed by atoms with Crippen LogP contribution in [0.1, 0.15) is 35.7 Å². The Labute approximate surface area is 159 Å². The summed E-state index contributed by atoms with van der Waals surface area (Å²) >= 11 is 6.31. The van der Waals surface area contributed by atoms with Gasteiger partial charge in [0.2, 0.25) is 5.52 Å². The summed E-state index contributed by atoms with van der Waals surface area (Å²) in [5.74, 6) is -0.293. The Morgan fingerprint density at radius 2 is 2.08 bits per heavy atom. The fraction of sp³-hybridized carbons (Fsp3) is 0.500. The first-order chi connectivity index (χ1) is 12.4. The van der Waals surface area contributed by atoms with E-state index in [2.05, 4.69) is 24.0 Å². The van der Waals surface area contributed by atoms with E-state index in [1.165, 1.54) is 0 Å². The highest BCUT2D eigenvalue weighted by atomic mass is 35.5. The van der Waals surface area contributed by atoms with Crippen LogP contribution in [0.2, 0.25) is 5.02 Å². The number of pyridine rings is 1. The SMILES string of the molecule is CCOC(=O)c1c[nH+]c2c(C)c(Cl)ccc2c1N(C)C1CC[NH+](C)CC1. The van der Waals surface area contributed by atoms with Gasteiger partial charge in [-0.3, -0.25) is 0 Å². The van der Waals surface area contributed by atoms with E-state index in [-0.39, 0.29) is 5.97 Å². The number of likely N-dealkylation sites (tertiary alicyclic amines) is 1. The van der Waals surface area contributed by atoms with Crippen molar-refractivity contribution in [3.63, 3.8) is 0 Å². The number of benzene rings is 1. The molecule has 3 rings (SSSR count). The van der Waals surface area contributed by atoms with Crippen molar-refractivity contribution in [2.75, 3.05) is 38.7 Å². The number of halogens is 1. The van der Waals surface area contributed by atoms with Crippen LogP contribution in [-0.2, 0) is 4.74 Å². The molecule has 1 aliphatic heterocycles. The molecular weight excluding hydrogens is 350 g/mol. The molecule has 140 valence electrons. The van der Waals surface area contributed by atoms with Gasteiger partial charge >= 0.3 is 5.97 Å². The third-order valence-electron chi connectivity index (χ3n) is 5.47. The van der Waals surface area contributed by atoms with E-state index in [4.69, 9.17) is 16.3 Å². The molecule has 0 atom stereocenters. The Morgan fingerprint density at radius 3 is 2.73 bits per heavy atom. The molecule has 1 aromatic heterocycles. The molecule has 0 unspecified atom stereocenters. The number of nitrogens with zero attached hydrogens (tertiary/aromatic N) is 1. The lowest BCUT2D eigenvalue weighted by atomic mass is 10.00. The molecule has 2 aromatic rings. The standard InChI is InChI=1S/C20H26ClN3O2/c1-5-26-20(25)16-12-22-18-13(2)17(21)7-6-15(18)19(16)24(4)14-8-10-23(3)11-9-14/h6-7,12,14H,5,8-11H2,1-4H3/p+2. The summed E-state index contributed by atoms with van der Waals surface area (Å²) in [6.45, 7) is 6.47. The van der Waals surface area contributed by atoms with Gasteiger partial charge in [-0.25, -0.2) is 9.78 Å². The van der Waals surface area contributed by atoms with Gasteiger partial charge in [0.25, 0.3) is 0 Å². The molecule has 0 spiro atoms. The number of piperidine rings is 1. The molecule has 1 aromatic carbocycles. The van der Waals surface area contributed by atoms with Crippen molar-refractivity contribution in [2.24, 2.45) is 0 Å². The van der Waals surface area contributed by atoms with Gasteiger partial charge in [-0.2, -0.15) is 0 Å². The molecular formula is C20H28ClN3O2+2. The molecule has 1 fully saturated rings. The minimum atomic E-state index is -0.293. The Balaban J connectivity index is 2.13.